The normalized spacial score (nSPS) is 22.0. The molecule has 1 atom stereocenters. The molecule has 136 valence electrons. The lowest BCUT2D eigenvalue weighted by atomic mass is 9.91. The third-order valence-corrected chi connectivity index (χ3v) is 5.41. The van der Waals surface area contributed by atoms with Crippen LogP contribution in [0, 0.1) is 0 Å². The molecule has 1 saturated heterocycles. The van der Waals surface area contributed by atoms with Crippen LogP contribution < -0.4 is 4.74 Å². The molecule has 3 heterocycles. The molecular weight excluding hydrogens is 326 g/mol. The Bertz CT molecular complexity index is 826. The number of benzene rings is 1. The Hall–Kier alpha value is -2.56. The highest BCUT2D eigenvalue weighted by Gasteiger charge is 2.35. The molecule has 26 heavy (non-hydrogen) atoms. The van der Waals surface area contributed by atoms with Crippen molar-refractivity contribution in [2.75, 3.05) is 13.1 Å². The maximum atomic E-state index is 12.8. The Morgan fingerprint density at radius 1 is 1.27 bits per heavy atom. The van der Waals surface area contributed by atoms with Gasteiger partial charge < -0.3 is 14.2 Å². The molecule has 2 aromatic rings. The first-order valence-corrected chi connectivity index (χ1v) is 9.44. The molecule has 1 aromatic heterocycles. The third-order valence-electron chi connectivity index (χ3n) is 5.41. The van der Waals surface area contributed by atoms with Crippen LogP contribution in [0.1, 0.15) is 37.6 Å². The molecule has 1 spiro atoms. The second kappa shape index (κ2) is 6.98. The molecular formula is C21H25N3O2. The molecule has 0 saturated carbocycles. The number of hydrogen-bond acceptors (Lipinski definition) is 3. The van der Waals surface area contributed by atoms with E-state index in [-0.39, 0.29) is 11.5 Å². The van der Waals surface area contributed by atoms with Crippen LogP contribution in [0.2, 0.25) is 0 Å². The minimum absolute atomic E-state index is 0.162. The van der Waals surface area contributed by atoms with Crippen LogP contribution in [0.25, 0.3) is 6.08 Å². The summed E-state index contributed by atoms with van der Waals surface area (Å²) in [6.07, 6.45) is 11.6. The molecule has 0 bridgehead atoms. The number of imidazole rings is 1. The summed E-state index contributed by atoms with van der Waals surface area (Å²) >= 11 is 0. The molecule has 1 fully saturated rings. The number of aryl methyl sites for hydroxylation is 1. The minimum Gasteiger partial charge on any atom is -0.483 e. The Balaban J connectivity index is 1.43. The van der Waals surface area contributed by atoms with E-state index in [1.54, 1.807) is 6.20 Å². The summed E-state index contributed by atoms with van der Waals surface area (Å²) in [7, 11) is 0. The first-order valence-electron chi connectivity index (χ1n) is 9.44. The second-order valence-electron chi connectivity index (χ2n) is 7.10. The number of rotatable bonds is 3. The van der Waals surface area contributed by atoms with E-state index in [2.05, 4.69) is 30.1 Å². The van der Waals surface area contributed by atoms with Crippen LogP contribution in [-0.2, 0) is 17.8 Å². The van der Waals surface area contributed by atoms with Crippen LogP contribution in [0.15, 0.2) is 42.7 Å². The molecule has 5 nitrogen and oxygen atoms in total. The molecule has 0 radical (unpaired) electrons. The van der Waals surface area contributed by atoms with E-state index >= 15 is 0 Å². The van der Waals surface area contributed by atoms with E-state index < -0.39 is 0 Å². The minimum atomic E-state index is -0.285. The largest absolute Gasteiger partial charge is 0.483 e. The van der Waals surface area contributed by atoms with Crippen molar-refractivity contribution in [3.05, 3.63) is 54.1 Å². The lowest BCUT2D eigenvalue weighted by Gasteiger charge is -2.34. The molecule has 0 unspecified atom stereocenters. The Morgan fingerprint density at radius 3 is 3.04 bits per heavy atom. The number of carbonyl (C=O) groups is 1. The maximum absolute atomic E-state index is 12.8. The van der Waals surface area contributed by atoms with Gasteiger partial charge in [0.15, 0.2) is 0 Å². The Morgan fingerprint density at radius 2 is 2.15 bits per heavy atom. The van der Waals surface area contributed by atoms with Crippen molar-refractivity contribution < 1.29 is 9.53 Å². The van der Waals surface area contributed by atoms with Gasteiger partial charge in [0.2, 0.25) is 5.91 Å². The summed E-state index contributed by atoms with van der Waals surface area (Å²) < 4.78 is 8.33. The second-order valence-corrected chi connectivity index (χ2v) is 7.10. The molecule has 2 aliphatic heterocycles. The van der Waals surface area contributed by atoms with Crippen LogP contribution in [-0.4, -0.2) is 39.0 Å². The Kier molecular flexibility index (Phi) is 4.53. The van der Waals surface area contributed by atoms with Crippen LogP contribution in [0.5, 0.6) is 5.75 Å². The van der Waals surface area contributed by atoms with Gasteiger partial charge >= 0.3 is 0 Å². The summed E-state index contributed by atoms with van der Waals surface area (Å²) in [5.41, 5.74) is 0.843. The summed E-state index contributed by atoms with van der Waals surface area (Å²) in [6.45, 7) is 3.94. The topological polar surface area (TPSA) is 47.4 Å². The lowest BCUT2D eigenvalue weighted by molar-refractivity contribution is -0.131. The zero-order chi connectivity index (χ0) is 18.0. The number of carbonyl (C=O) groups excluding carboxylic acids is 1. The van der Waals surface area contributed by atoms with Crippen LogP contribution in [0.3, 0.4) is 0 Å². The van der Waals surface area contributed by atoms with Crippen molar-refractivity contribution in [2.24, 2.45) is 0 Å². The summed E-state index contributed by atoms with van der Waals surface area (Å²) in [5.74, 6) is 2.07. The maximum Gasteiger partial charge on any atom is 0.242 e. The van der Waals surface area contributed by atoms with Gasteiger partial charge in [-0.2, -0.15) is 0 Å². The number of para-hydroxylation sites is 1. The van der Waals surface area contributed by atoms with Gasteiger partial charge in [0.1, 0.15) is 23.7 Å². The summed E-state index contributed by atoms with van der Waals surface area (Å²) in [4.78, 5) is 19.1. The van der Waals surface area contributed by atoms with Crippen molar-refractivity contribution in [1.29, 1.82) is 0 Å². The number of likely N-dealkylation sites (tertiary alicyclic amines) is 1. The average Bonchev–Trinajstić information content (AvgIpc) is 3.01. The van der Waals surface area contributed by atoms with E-state index in [1.807, 2.05) is 33.9 Å². The predicted molar refractivity (Wildman–Crippen MR) is 101 cm³/mol. The predicted octanol–water partition coefficient (Wildman–Crippen LogP) is 3.30. The third kappa shape index (κ3) is 3.26. The monoisotopic (exact) mass is 351 g/mol. The number of nitrogens with zero attached hydrogens (tertiary/aromatic N) is 3. The first kappa shape index (κ1) is 16.9. The standard InChI is InChI=1S/C21H25N3O2/c1-2-19-22-12-15-24(19)16-20(25)23-13-5-9-21(11-14-23)10-8-17-6-3-4-7-18(17)26-21/h3-4,6-8,10,12,15H,2,5,9,11,13-14,16H2,1H3/t21-/m0/s1. The SMILES string of the molecule is CCc1nccn1CC(=O)N1CCC[C@]2(C=Cc3ccccc3O2)CC1. The first-order chi connectivity index (χ1) is 12.7. The van der Waals surface area contributed by atoms with Crippen LogP contribution >= 0.6 is 0 Å². The van der Waals surface area contributed by atoms with Gasteiger partial charge in [-0.05, 0) is 25.0 Å². The average molecular weight is 351 g/mol. The molecule has 4 rings (SSSR count). The van der Waals surface area contributed by atoms with Gasteiger partial charge in [-0.15, -0.1) is 0 Å². The highest BCUT2D eigenvalue weighted by Crippen LogP contribution is 2.36. The molecule has 0 N–H and O–H groups in total. The molecule has 5 heteroatoms. The van der Waals surface area contributed by atoms with Crippen molar-refractivity contribution in [1.82, 2.24) is 14.5 Å². The lowest BCUT2D eigenvalue weighted by Crippen LogP contribution is -2.39. The molecule has 1 amide bonds. The molecule has 1 aromatic carbocycles. The summed E-state index contributed by atoms with van der Waals surface area (Å²) in [5, 5.41) is 0. The smallest absolute Gasteiger partial charge is 0.242 e. The fraction of sp³-hybridized carbons (Fsp3) is 0.429. The number of fused-ring (bicyclic) bond motifs is 1. The summed E-state index contributed by atoms with van der Waals surface area (Å²) in [6, 6.07) is 8.13. The van der Waals surface area contributed by atoms with E-state index in [0.717, 1.165) is 55.9 Å². The van der Waals surface area contributed by atoms with Crippen molar-refractivity contribution in [3.8, 4) is 5.75 Å². The van der Waals surface area contributed by atoms with Crippen molar-refractivity contribution >= 4 is 12.0 Å². The van der Waals surface area contributed by atoms with Gasteiger partial charge in [0, 0.05) is 43.9 Å². The van der Waals surface area contributed by atoms with Gasteiger partial charge in [0.25, 0.3) is 0 Å². The van der Waals surface area contributed by atoms with E-state index in [9.17, 15) is 4.79 Å². The molecule has 0 aliphatic carbocycles. The van der Waals surface area contributed by atoms with Gasteiger partial charge in [-0.25, -0.2) is 4.98 Å². The number of ether oxygens (including phenoxy) is 1. The van der Waals surface area contributed by atoms with Gasteiger partial charge in [0.05, 0.1) is 0 Å². The van der Waals surface area contributed by atoms with Crippen molar-refractivity contribution in [2.45, 2.75) is 44.8 Å². The zero-order valence-electron chi connectivity index (χ0n) is 15.2. The van der Waals surface area contributed by atoms with Gasteiger partial charge in [-0.1, -0.05) is 31.2 Å². The van der Waals surface area contributed by atoms with E-state index in [1.165, 1.54) is 0 Å². The van der Waals surface area contributed by atoms with E-state index in [0.29, 0.717) is 6.54 Å². The van der Waals surface area contributed by atoms with Crippen LogP contribution in [0.4, 0.5) is 0 Å². The number of aromatic nitrogens is 2. The quantitative estimate of drug-likeness (QED) is 0.852. The van der Waals surface area contributed by atoms with Crippen molar-refractivity contribution in [3.63, 3.8) is 0 Å². The van der Waals surface area contributed by atoms with Gasteiger partial charge in [-0.3, -0.25) is 4.79 Å². The highest BCUT2D eigenvalue weighted by molar-refractivity contribution is 5.76. The number of hydrogen-bond donors (Lipinski definition) is 0. The highest BCUT2D eigenvalue weighted by atomic mass is 16.5. The number of amides is 1. The fourth-order valence-corrected chi connectivity index (χ4v) is 3.90. The molecule has 2 aliphatic rings. The Labute approximate surface area is 154 Å². The fourth-order valence-electron chi connectivity index (χ4n) is 3.90. The van der Waals surface area contributed by atoms with E-state index in [4.69, 9.17) is 4.74 Å². The zero-order valence-corrected chi connectivity index (χ0v) is 15.2.